The van der Waals surface area contributed by atoms with Gasteiger partial charge in [0.15, 0.2) is 16.0 Å². The summed E-state index contributed by atoms with van der Waals surface area (Å²) >= 11 is 2.94. The lowest BCUT2D eigenvalue weighted by atomic mass is 10.2. The van der Waals surface area contributed by atoms with Gasteiger partial charge in [-0.3, -0.25) is 4.57 Å². The van der Waals surface area contributed by atoms with Crippen LogP contribution in [0.3, 0.4) is 0 Å². The molecule has 7 nitrogen and oxygen atoms in total. The van der Waals surface area contributed by atoms with E-state index in [9.17, 15) is 10.2 Å². The highest BCUT2D eigenvalue weighted by Crippen LogP contribution is 2.34. The van der Waals surface area contributed by atoms with Gasteiger partial charge < -0.3 is 14.9 Å². The molecule has 1 fully saturated rings. The molecule has 0 aromatic carbocycles. The van der Waals surface area contributed by atoms with Gasteiger partial charge in [-0.2, -0.15) is 0 Å². The van der Waals surface area contributed by atoms with Gasteiger partial charge in [0.25, 0.3) is 0 Å². The highest BCUT2D eigenvalue weighted by molar-refractivity contribution is 7.98. The molecule has 0 amide bonds. The summed E-state index contributed by atoms with van der Waals surface area (Å²) in [5.74, 6) is 0. The number of aliphatic hydroxyl groups is 2. The summed E-state index contributed by atoms with van der Waals surface area (Å²) in [6.45, 7) is -0.204. The molecule has 1 saturated heterocycles. The number of thioether (sulfide) groups is 2. The minimum absolute atomic E-state index is 0.204. The number of imidazole rings is 1. The minimum Gasteiger partial charge on any atom is -0.394 e. The van der Waals surface area contributed by atoms with Crippen LogP contribution in [0.1, 0.15) is 12.6 Å². The number of nitrogens with zero attached hydrogens (tertiary/aromatic N) is 4. The van der Waals surface area contributed by atoms with Crippen LogP contribution in [0, 0.1) is 0 Å². The van der Waals surface area contributed by atoms with Crippen molar-refractivity contribution >= 4 is 34.7 Å². The minimum atomic E-state index is -0.686. The van der Waals surface area contributed by atoms with Crippen LogP contribution in [-0.4, -0.2) is 61.1 Å². The van der Waals surface area contributed by atoms with Crippen molar-refractivity contribution in [1.29, 1.82) is 0 Å². The summed E-state index contributed by atoms with van der Waals surface area (Å²) in [7, 11) is 0. The molecule has 3 atom stereocenters. The maximum absolute atomic E-state index is 9.93. The van der Waals surface area contributed by atoms with Crippen molar-refractivity contribution in [3.8, 4) is 0 Å². The molecule has 114 valence electrons. The van der Waals surface area contributed by atoms with E-state index in [4.69, 9.17) is 4.74 Å². The van der Waals surface area contributed by atoms with Gasteiger partial charge in [0, 0.05) is 6.42 Å². The number of fused-ring (bicyclic) bond motifs is 1. The van der Waals surface area contributed by atoms with Crippen LogP contribution in [0.4, 0.5) is 0 Å². The van der Waals surface area contributed by atoms with Crippen molar-refractivity contribution in [2.75, 3.05) is 19.1 Å². The van der Waals surface area contributed by atoms with Gasteiger partial charge >= 0.3 is 0 Å². The van der Waals surface area contributed by atoms with Crippen molar-refractivity contribution in [1.82, 2.24) is 19.5 Å². The molecule has 3 heterocycles. The maximum atomic E-state index is 9.93. The molecule has 0 bridgehead atoms. The molecular weight excluding hydrogens is 312 g/mol. The summed E-state index contributed by atoms with van der Waals surface area (Å²) in [5, 5.41) is 20.6. The Kier molecular flexibility index (Phi) is 4.36. The molecule has 1 aliphatic rings. The second-order valence-electron chi connectivity index (χ2n) is 4.65. The van der Waals surface area contributed by atoms with E-state index in [1.54, 1.807) is 6.20 Å². The average Bonchev–Trinajstić information content (AvgIpc) is 3.05. The first kappa shape index (κ1) is 15.0. The van der Waals surface area contributed by atoms with Crippen molar-refractivity contribution < 1.29 is 14.9 Å². The predicted molar refractivity (Wildman–Crippen MR) is 80.5 cm³/mol. The molecule has 1 aliphatic heterocycles. The zero-order chi connectivity index (χ0) is 15.0. The zero-order valence-corrected chi connectivity index (χ0v) is 13.3. The van der Waals surface area contributed by atoms with E-state index in [0.717, 1.165) is 5.16 Å². The number of rotatable bonds is 4. The summed E-state index contributed by atoms with van der Waals surface area (Å²) < 4.78 is 7.61. The molecule has 0 radical (unpaired) electrons. The van der Waals surface area contributed by atoms with E-state index in [1.165, 1.54) is 23.5 Å². The molecule has 21 heavy (non-hydrogen) atoms. The largest absolute Gasteiger partial charge is 0.394 e. The fourth-order valence-electron chi connectivity index (χ4n) is 2.39. The highest BCUT2D eigenvalue weighted by Gasteiger charge is 2.36. The van der Waals surface area contributed by atoms with Crippen molar-refractivity contribution in [2.45, 2.75) is 35.2 Å². The van der Waals surface area contributed by atoms with E-state index >= 15 is 0 Å². The number of aromatic nitrogens is 4. The van der Waals surface area contributed by atoms with Gasteiger partial charge in [0.05, 0.1) is 18.9 Å². The van der Waals surface area contributed by atoms with Crippen LogP contribution in [-0.2, 0) is 4.74 Å². The normalized spacial score (nSPS) is 25.8. The molecule has 0 aliphatic carbocycles. The van der Waals surface area contributed by atoms with Gasteiger partial charge in [0.2, 0.25) is 0 Å². The Hall–Kier alpha value is -0.870. The first-order valence-electron chi connectivity index (χ1n) is 6.45. The monoisotopic (exact) mass is 328 g/mol. The summed E-state index contributed by atoms with van der Waals surface area (Å²) in [6, 6.07) is 0. The van der Waals surface area contributed by atoms with Crippen LogP contribution in [0.15, 0.2) is 16.5 Å². The summed E-state index contributed by atoms with van der Waals surface area (Å²) in [6.07, 6.45) is 4.30. The lowest BCUT2D eigenvalue weighted by molar-refractivity contribution is -0.0458. The van der Waals surface area contributed by atoms with Crippen molar-refractivity contribution in [3.05, 3.63) is 6.20 Å². The Balaban J connectivity index is 2.07. The standard InChI is InChI=1S/C12H16N4O3S2/c1-20-11-13-4-6-10(15-11)16(12(14-6)21-2)9-3-7(18)8(5-17)19-9/h4,7-9,17-18H,3,5H2,1-2H3/t7-,8+,9+/m1/s1. The second kappa shape index (κ2) is 6.09. The number of hydrogen-bond donors (Lipinski definition) is 2. The van der Waals surface area contributed by atoms with Gasteiger partial charge in [-0.15, -0.1) is 0 Å². The van der Waals surface area contributed by atoms with Gasteiger partial charge in [-0.1, -0.05) is 23.5 Å². The SMILES string of the molecule is CSc1ncc2nc(SC)n([C@@H]3C[C@@H](O)[C@H](CO)O3)c2n1. The molecule has 0 spiro atoms. The van der Waals surface area contributed by atoms with Crippen LogP contribution >= 0.6 is 23.5 Å². The molecule has 3 rings (SSSR count). The molecular formula is C12H16N4O3S2. The quantitative estimate of drug-likeness (QED) is 0.632. The van der Waals surface area contributed by atoms with E-state index in [1.807, 2.05) is 17.1 Å². The van der Waals surface area contributed by atoms with Crippen LogP contribution in [0.5, 0.6) is 0 Å². The fraction of sp³-hybridized carbons (Fsp3) is 0.583. The summed E-state index contributed by atoms with van der Waals surface area (Å²) in [5.41, 5.74) is 1.39. The Morgan fingerprint density at radius 3 is 2.81 bits per heavy atom. The molecule has 9 heteroatoms. The third-order valence-electron chi connectivity index (χ3n) is 3.42. The lowest BCUT2D eigenvalue weighted by Crippen LogP contribution is -2.24. The first-order chi connectivity index (χ1) is 10.2. The van der Waals surface area contributed by atoms with Crippen LogP contribution in [0.25, 0.3) is 11.2 Å². The van der Waals surface area contributed by atoms with Crippen LogP contribution < -0.4 is 0 Å². The zero-order valence-electron chi connectivity index (χ0n) is 11.6. The van der Waals surface area contributed by atoms with E-state index in [0.29, 0.717) is 22.7 Å². The Labute approximate surface area is 130 Å². The number of hydrogen-bond acceptors (Lipinski definition) is 8. The Bertz CT molecular complexity index is 651. The van der Waals surface area contributed by atoms with Crippen molar-refractivity contribution in [2.24, 2.45) is 0 Å². The van der Waals surface area contributed by atoms with E-state index in [-0.39, 0.29) is 12.8 Å². The number of aliphatic hydroxyl groups excluding tert-OH is 2. The maximum Gasteiger partial charge on any atom is 0.189 e. The second-order valence-corrected chi connectivity index (χ2v) is 6.20. The first-order valence-corrected chi connectivity index (χ1v) is 8.90. The van der Waals surface area contributed by atoms with Gasteiger partial charge in [-0.05, 0) is 12.5 Å². The lowest BCUT2D eigenvalue weighted by Gasteiger charge is -2.15. The smallest absolute Gasteiger partial charge is 0.189 e. The van der Waals surface area contributed by atoms with Crippen LogP contribution in [0.2, 0.25) is 0 Å². The molecule has 0 unspecified atom stereocenters. The van der Waals surface area contributed by atoms with Crippen molar-refractivity contribution in [3.63, 3.8) is 0 Å². The molecule has 2 aromatic heterocycles. The van der Waals surface area contributed by atoms with E-state index in [2.05, 4.69) is 15.0 Å². The fourth-order valence-corrected chi connectivity index (χ4v) is 3.32. The molecule has 0 saturated carbocycles. The predicted octanol–water partition coefficient (Wildman–Crippen LogP) is 0.911. The Morgan fingerprint density at radius 2 is 2.19 bits per heavy atom. The average molecular weight is 328 g/mol. The molecule has 2 aromatic rings. The third-order valence-corrected chi connectivity index (χ3v) is 4.63. The van der Waals surface area contributed by atoms with E-state index < -0.39 is 12.2 Å². The highest BCUT2D eigenvalue weighted by atomic mass is 32.2. The number of ether oxygens (including phenoxy) is 1. The third kappa shape index (κ3) is 2.64. The van der Waals surface area contributed by atoms with Gasteiger partial charge in [-0.25, -0.2) is 15.0 Å². The molecule has 2 N–H and O–H groups in total. The summed E-state index contributed by atoms with van der Waals surface area (Å²) in [4.78, 5) is 13.2. The van der Waals surface area contributed by atoms with Gasteiger partial charge in [0.1, 0.15) is 17.8 Å². The topological polar surface area (TPSA) is 93.3 Å². The Morgan fingerprint density at radius 1 is 1.38 bits per heavy atom.